The predicted molar refractivity (Wildman–Crippen MR) is 107 cm³/mol. The summed E-state index contributed by atoms with van der Waals surface area (Å²) in [6.45, 7) is 0. The minimum absolute atomic E-state index is 0.113. The van der Waals surface area contributed by atoms with Crippen molar-refractivity contribution in [1.29, 1.82) is 0 Å². The molecule has 0 atom stereocenters. The Morgan fingerprint density at radius 3 is 2.21 bits per heavy atom. The van der Waals surface area contributed by atoms with Gasteiger partial charge in [-0.2, -0.15) is 0 Å². The van der Waals surface area contributed by atoms with Crippen molar-refractivity contribution in [3.8, 4) is 33.8 Å². The largest absolute Gasteiger partial charge is 0.496 e. The molecule has 0 bridgehead atoms. The van der Waals surface area contributed by atoms with Crippen LogP contribution in [0.15, 0.2) is 53.9 Å². The zero-order valence-electron chi connectivity index (χ0n) is 15.2. The maximum absolute atomic E-state index is 12.4. The van der Waals surface area contributed by atoms with E-state index in [0.29, 0.717) is 22.6 Å². The van der Waals surface area contributed by atoms with Crippen molar-refractivity contribution in [3.05, 3.63) is 70.6 Å². The summed E-state index contributed by atoms with van der Waals surface area (Å²) in [4.78, 5) is 24.3. The third kappa shape index (κ3) is 4.05. The highest BCUT2D eigenvalue weighted by Crippen LogP contribution is 2.37. The Balaban J connectivity index is 1.96. The molecule has 3 rings (SSSR count). The first-order valence-electron chi connectivity index (χ1n) is 8.23. The van der Waals surface area contributed by atoms with Crippen LogP contribution in [0.2, 0.25) is 0 Å². The molecule has 0 aliphatic heterocycles. The van der Waals surface area contributed by atoms with Crippen LogP contribution in [-0.2, 0) is 0 Å². The van der Waals surface area contributed by atoms with E-state index in [4.69, 9.17) is 14.6 Å². The zero-order valence-corrected chi connectivity index (χ0v) is 16.0. The van der Waals surface area contributed by atoms with Gasteiger partial charge in [0.1, 0.15) is 11.5 Å². The van der Waals surface area contributed by atoms with Crippen molar-refractivity contribution in [3.63, 3.8) is 0 Å². The van der Waals surface area contributed by atoms with Gasteiger partial charge in [0, 0.05) is 22.1 Å². The van der Waals surface area contributed by atoms with Gasteiger partial charge in [0.25, 0.3) is 0 Å². The highest BCUT2D eigenvalue weighted by atomic mass is 32.1. The van der Waals surface area contributed by atoms with E-state index in [1.54, 1.807) is 24.5 Å². The third-order valence-corrected chi connectivity index (χ3v) is 4.92. The number of ketones is 1. The molecular formula is C22H16O5S. The third-order valence-electron chi connectivity index (χ3n) is 4.01. The van der Waals surface area contributed by atoms with Gasteiger partial charge in [-0.3, -0.25) is 4.79 Å². The summed E-state index contributed by atoms with van der Waals surface area (Å²) in [5, 5.41) is 10.9. The van der Waals surface area contributed by atoms with Gasteiger partial charge in [0.2, 0.25) is 5.78 Å². The monoisotopic (exact) mass is 392 g/mol. The number of rotatable bonds is 5. The molecule has 6 heteroatoms. The Hall–Kier alpha value is -3.56. The molecule has 1 heterocycles. The summed E-state index contributed by atoms with van der Waals surface area (Å²) < 4.78 is 10.8. The summed E-state index contributed by atoms with van der Waals surface area (Å²) in [6, 6.07) is 13.1. The maximum atomic E-state index is 12.4. The lowest BCUT2D eigenvalue weighted by Gasteiger charge is -2.11. The van der Waals surface area contributed by atoms with E-state index in [2.05, 4.69) is 11.8 Å². The fraction of sp³-hybridized carbons (Fsp3) is 0.0909. The number of carbonyl (C=O) groups excluding carboxylic acids is 1. The summed E-state index contributed by atoms with van der Waals surface area (Å²) in [6.07, 6.45) is 0. The van der Waals surface area contributed by atoms with Crippen molar-refractivity contribution in [2.75, 3.05) is 14.2 Å². The fourth-order valence-corrected chi connectivity index (χ4v) is 3.33. The lowest BCUT2D eigenvalue weighted by molar-refractivity contribution is 0.0696. The van der Waals surface area contributed by atoms with Crippen molar-refractivity contribution in [2.45, 2.75) is 0 Å². The average molecular weight is 392 g/mol. The topological polar surface area (TPSA) is 72.8 Å². The molecule has 0 aliphatic carbocycles. The number of ether oxygens (including phenoxy) is 2. The summed E-state index contributed by atoms with van der Waals surface area (Å²) >= 11 is 1.57. The van der Waals surface area contributed by atoms with Crippen LogP contribution in [0.25, 0.3) is 10.4 Å². The van der Waals surface area contributed by atoms with E-state index >= 15 is 0 Å². The molecule has 5 nitrogen and oxygen atoms in total. The van der Waals surface area contributed by atoms with Gasteiger partial charge in [-0.05, 0) is 47.7 Å². The molecule has 0 fully saturated rings. The van der Waals surface area contributed by atoms with Gasteiger partial charge in [-0.1, -0.05) is 12.0 Å². The maximum Gasteiger partial charge on any atom is 0.335 e. The number of carboxylic acid groups (broad SMARTS) is 1. The van der Waals surface area contributed by atoms with Gasteiger partial charge in [0.05, 0.1) is 25.3 Å². The normalized spacial score (nSPS) is 9.93. The number of carbonyl (C=O) groups is 2. The van der Waals surface area contributed by atoms with E-state index in [-0.39, 0.29) is 5.56 Å². The standard InChI is InChI=1S/C22H16O5S/c1-26-19-13-20(27-2)17(21-4-3-11-28-21)12-16(19)9-10-18(23)14-5-7-15(8-6-14)22(24)25/h3-8,11-13H,1-2H3,(H,24,25). The van der Waals surface area contributed by atoms with Crippen molar-refractivity contribution >= 4 is 23.1 Å². The molecule has 0 saturated heterocycles. The number of methoxy groups -OCH3 is 2. The molecule has 0 unspecified atom stereocenters. The lowest BCUT2D eigenvalue weighted by Crippen LogP contribution is -1.99. The van der Waals surface area contributed by atoms with Crippen molar-refractivity contribution in [1.82, 2.24) is 0 Å². The molecule has 3 aromatic rings. The van der Waals surface area contributed by atoms with Gasteiger partial charge >= 0.3 is 5.97 Å². The van der Waals surface area contributed by atoms with Gasteiger partial charge in [-0.25, -0.2) is 4.79 Å². The fourth-order valence-electron chi connectivity index (χ4n) is 2.58. The number of benzene rings is 2. The molecule has 2 aromatic carbocycles. The highest BCUT2D eigenvalue weighted by Gasteiger charge is 2.13. The van der Waals surface area contributed by atoms with Crippen LogP contribution in [0.4, 0.5) is 0 Å². The molecule has 140 valence electrons. The van der Waals surface area contributed by atoms with Crippen LogP contribution in [0.3, 0.4) is 0 Å². The number of thiophene rings is 1. The first-order chi connectivity index (χ1) is 13.5. The zero-order chi connectivity index (χ0) is 20.1. The summed E-state index contributed by atoms with van der Waals surface area (Å²) in [7, 11) is 3.11. The minimum Gasteiger partial charge on any atom is -0.496 e. The average Bonchev–Trinajstić information content (AvgIpc) is 3.26. The van der Waals surface area contributed by atoms with Crippen LogP contribution >= 0.6 is 11.3 Å². The van der Waals surface area contributed by atoms with E-state index < -0.39 is 11.8 Å². The molecule has 1 N–H and O–H groups in total. The quantitative estimate of drug-likeness (QED) is 0.516. The smallest absolute Gasteiger partial charge is 0.335 e. The van der Waals surface area contributed by atoms with E-state index in [1.165, 1.54) is 31.4 Å². The Kier molecular flexibility index (Phi) is 5.78. The van der Waals surface area contributed by atoms with Crippen LogP contribution in [-0.4, -0.2) is 31.1 Å². The van der Waals surface area contributed by atoms with Gasteiger partial charge in [0.15, 0.2) is 0 Å². The minimum atomic E-state index is -1.05. The molecule has 1 aromatic heterocycles. The number of hydrogen-bond acceptors (Lipinski definition) is 5. The Morgan fingerprint density at radius 1 is 0.964 bits per heavy atom. The van der Waals surface area contributed by atoms with Crippen molar-refractivity contribution < 1.29 is 24.2 Å². The number of carboxylic acids is 1. The van der Waals surface area contributed by atoms with E-state index in [0.717, 1.165) is 10.4 Å². The van der Waals surface area contributed by atoms with Crippen LogP contribution in [0.5, 0.6) is 11.5 Å². The summed E-state index contributed by atoms with van der Waals surface area (Å²) in [5.41, 5.74) is 1.86. The lowest BCUT2D eigenvalue weighted by atomic mass is 10.1. The second-order valence-electron chi connectivity index (χ2n) is 5.69. The molecular weight excluding hydrogens is 376 g/mol. The van der Waals surface area contributed by atoms with Crippen LogP contribution in [0, 0.1) is 11.8 Å². The number of aromatic carboxylic acids is 1. The number of Topliss-reactive ketones (excluding diaryl/α,β-unsaturated/α-hetero) is 1. The van der Waals surface area contributed by atoms with E-state index in [9.17, 15) is 9.59 Å². The predicted octanol–water partition coefficient (Wildman–Crippen LogP) is 4.36. The first kappa shape index (κ1) is 19.2. The Morgan fingerprint density at radius 2 is 1.64 bits per heavy atom. The Labute approximate surface area is 166 Å². The SMILES string of the molecule is COc1cc(OC)c(-c2cccs2)cc1C#CC(=O)c1ccc(C(=O)O)cc1. The molecule has 28 heavy (non-hydrogen) atoms. The van der Waals surface area contributed by atoms with Crippen LogP contribution < -0.4 is 9.47 Å². The molecule has 0 spiro atoms. The second-order valence-corrected chi connectivity index (χ2v) is 6.64. The molecule has 0 aliphatic rings. The van der Waals surface area contributed by atoms with E-state index in [1.807, 2.05) is 23.6 Å². The second kappa shape index (κ2) is 8.42. The highest BCUT2D eigenvalue weighted by molar-refractivity contribution is 7.13. The van der Waals surface area contributed by atoms with Gasteiger partial charge < -0.3 is 14.6 Å². The molecule has 0 amide bonds. The molecule has 0 radical (unpaired) electrons. The van der Waals surface area contributed by atoms with Crippen LogP contribution in [0.1, 0.15) is 26.3 Å². The number of hydrogen-bond donors (Lipinski definition) is 1. The molecule has 0 saturated carbocycles. The van der Waals surface area contributed by atoms with Crippen molar-refractivity contribution in [2.24, 2.45) is 0 Å². The van der Waals surface area contributed by atoms with Gasteiger partial charge in [-0.15, -0.1) is 11.3 Å². The Bertz CT molecular complexity index is 1070. The first-order valence-corrected chi connectivity index (χ1v) is 9.11. The summed E-state index contributed by atoms with van der Waals surface area (Å²) in [5.74, 6) is 5.15.